The fourth-order valence-corrected chi connectivity index (χ4v) is 3.49. The van der Waals surface area contributed by atoms with Crippen LogP contribution in [0, 0.1) is 0 Å². The standard InChI is InChI=1S/C10H22N2OS/c1-8(3-5-13)12-10(7-11)4-6-14-9(10)2/h8-9,12-13H,3-7,11H2,1-2H3. The second kappa shape index (κ2) is 5.35. The summed E-state index contributed by atoms with van der Waals surface area (Å²) in [5.74, 6) is 1.19. The lowest BCUT2D eigenvalue weighted by atomic mass is 9.91. The number of nitrogens with two attached hydrogens (primary N) is 1. The van der Waals surface area contributed by atoms with Gasteiger partial charge in [-0.15, -0.1) is 0 Å². The van der Waals surface area contributed by atoms with Crippen LogP contribution >= 0.6 is 11.8 Å². The van der Waals surface area contributed by atoms with E-state index in [2.05, 4.69) is 19.2 Å². The van der Waals surface area contributed by atoms with Crippen molar-refractivity contribution in [2.24, 2.45) is 5.73 Å². The molecule has 1 saturated heterocycles. The minimum Gasteiger partial charge on any atom is -0.396 e. The molecule has 3 unspecified atom stereocenters. The van der Waals surface area contributed by atoms with Crippen LogP contribution in [-0.2, 0) is 0 Å². The molecule has 4 heteroatoms. The van der Waals surface area contributed by atoms with E-state index in [1.54, 1.807) is 0 Å². The fraction of sp³-hybridized carbons (Fsp3) is 1.00. The van der Waals surface area contributed by atoms with Crippen LogP contribution in [0.15, 0.2) is 0 Å². The predicted molar refractivity (Wildman–Crippen MR) is 62.6 cm³/mol. The van der Waals surface area contributed by atoms with E-state index in [9.17, 15) is 0 Å². The number of aliphatic hydroxyl groups is 1. The van der Waals surface area contributed by atoms with Crippen molar-refractivity contribution >= 4 is 11.8 Å². The van der Waals surface area contributed by atoms with Gasteiger partial charge in [-0.05, 0) is 25.5 Å². The van der Waals surface area contributed by atoms with Crippen LogP contribution in [-0.4, -0.2) is 40.8 Å². The molecule has 0 bridgehead atoms. The molecule has 1 aliphatic rings. The highest BCUT2D eigenvalue weighted by molar-refractivity contribution is 8.00. The normalized spacial score (nSPS) is 34.7. The number of thioether (sulfide) groups is 1. The Morgan fingerprint density at radius 1 is 1.71 bits per heavy atom. The summed E-state index contributed by atoms with van der Waals surface area (Å²) < 4.78 is 0. The summed E-state index contributed by atoms with van der Waals surface area (Å²) in [7, 11) is 0. The largest absolute Gasteiger partial charge is 0.396 e. The van der Waals surface area contributed by atoms with Crippen molar-refractivity contribution in [3.63, 3.8) is 0 Å². The van der Waals surface area contributed by atoms with Crippen molar-refractivity contribution in [3.8, 4) is 0 Å². The lowest BCUT2D eigenvalue weighted by molar-refractivity contribution is 0.236. The molecule has 3 atom stereocenters. The number of hydrogen-bond donors (Lipinski definition) is 3. The lowest BCUT2D eigenvalue weighted by Gasteiger charge is -2.36. The SMILES string of the molecule is CC(CCO)NC1(CN)CCSC1C. The minimum absolute atomic E-state index is 0.0965. The zero-order valence-electron chi connectivity index (χ0n) is 9.12. The Morgan fingerprint density at radius 2 is 2.43 bits per heavy atom. The van der Waals surface area contributed by atoms with Gasteiger partial charge in [-0.1, -0.05) is 6.92 Å². The molecule has 14 heavy (non-hydrogen) atoms. The van der Waals surface area contributed by atoms with Gasteiger partial charge in [0.15, 0.2) is 0 Å². The maximum atomic E-state index is 8.86. The fourth-order valence-electron chi connectivity index (χ4n) is 2.05. The molecule has 1 heterocycles. The van der Waals surface area contributed by atoms with Crippen LogP contribution < -0.4 is 11.1 Å². The molecule has 0 aromatic rings. The van der Waals surface area contributed by atoms with Crippen LogP contribution in [0.1, 0.15) is 26.7 Å². The zero-order chi connectivity index (χ0) is 10.6. The third-order valence-corrected chi connectivity index (χ3v) is 4.55. The van der Waals surface area contributed by atoms with Crippen LogP contribution in [0.25, 0.3) is 0 Å². The van der Waals surface area contributed by atoms with Gasteiger partial charge in [0.25, 0.3) is 0 Å². The second-order valence-corrected chi connectivity index (χ2v) is 5.63. The van der Waals surface area contributed by atoms with E-state index in [1.807, 2.05) is 11.8 Å². The smallest absolute Gasteiger partial charge is 0.0445 e. The highest BCUT2D eigenvalue weighted by Crippen LogP contribution is 2.35. The zero-order valence-corrected chi connectivity index (χ0v) is 9.94. The molecular weight excluding hydrogens is 196 g/mol. The topological polar surface area (TPSA) is 58.3 Å². The van der Waals surface area contributed by atoms with Crippen LogP contribution in [0.2, 0.25) is 0 Å². The molecular formula is C10H22N2OS. The second-order valence-electron chi connectivity index (χ2n) is 4.18. The molecule has 1 fully saturated rings. The van der Waals surface area contributed by atoms with Gasteiger partial charge in [0.1, 0.15) is 0 Å². The van der Waals surface area contributed by atoms with E-state index in [0.29, 0.717) is 17.8 Å². The van der Waals surface area contributed by atoms with Gasteiger partial charge < -0.3 is 16.2 Å². The first kappa shape index (κ1) is 12.3. The van der Waals surface area contributed by atoms with Crippen molar-refractivity contribution in [1.82, 2.24) is 5.32 Å². The maximum Gasteiger partial charge on any atom is 0.0445 e. The Hall–Kier alpha value is 0.230. The first-order chi connectivity index (χ1) is 6.64. The van der Waals surface area contributed by atoms with Gasteiger partial charge in [-0.2, -0.15) is 11.8 Å². The third-order valence-electron chi connectivity index (χ3n) is 3.15. The lowest BCUT2D eigenvalue weighted by Crippen LogP contribution is -2.58. The van der Waals surface area contributed by atoms with E-state index in [4.69, 9.17) is 10.8 Å². The maximum absolute atomic E-state index is 8.86. The predicted octanol–water partition coefficient (Wildman–Crippen LogP) is 0.570. The highest BCUT2D eigenvalue weighted by Gasteiger charge is 2.40. The molecule has 0 aliphatic carbocycles. The minimum atomic E-state index is 0.0965. The molecule has 1 rings (SSSR count). The molecule has 4 N–H and O–H groups in total. The molecule has 0 spiro atoms. The molecule has 0 radical (unpaired) electrons. The summed E-state index contributed by atoms with van der Waals surface area (Å²) >= 11 is 1.98. The van der Waals surface area contributed by atoms with Gasteiger partial charge in [-0.25, -0.2) is 0 Å². The van der Waals surface area contributed by atoms with Crippen LogP contribution in [0.3, 0.4) is 0 Å². The molecule has 1 aliphatic heterocycles. The summed E-state index contributed by atoms with van der Waals surface area (Å²) in [5.41, 5.74) is 5.96. The van der Waals surface area contributed by atoms with E-state index in [-0.39, 0.29) is 12.1 Å². The summed E-state index contributed by atoms with van der Waals surface area (Å²) in [5, 5.41) is 13.0. The summed E-state index contributed by atoms with van der Waals surface area (Å²) in [6.07, 6.45) is 1.95. The van der Waals surface area contributed by atoms with Crippen molar-refractivity contribution < 1.29 is 5.11 Å². The summed E-state index contributed by atoms with van der Waals surface area (Å²) in [4.78, 5) is 0. The van der Waals surface area contributed by atoms with Crippen molar-refractivity contribution in [2.45, 2.75) is 43.5 Å². The van der Waals surface area contributed by atoms with Gasteiger partial charge in [0.05, 0.1) is 0 Å². The first-order valence-electron chi connectivity index (χ1n) is 5.35. The molecule has 0 aromatic heterocycles. The monoisotopic (exact) mass is 218 g/mol. The Kier molecular flexibility index (Phi) is 4.70. The van der Waals surface area contributed by atoms with Gasteiger partial charge in [0, 0.05) is 30.0 Å². The third kappa shape index (κ3) is 2.63. The average molecular weight is 218 g/mol. The Bertz CT molecular complexity index is 180. The van der Waals surface area contributed by atoms with E-state index < -0.39 is 0 Å². The number of hydrogen-bond acceptors (Lipinski definition) is 4. The van der Waals surface area contributed by atoms with Gasteiger partial charge in [-0.3, -0.25) is 0 Å². The quantitative estimate of drug-likeness (QED) is 0.631. The number of rotatable bonds is 5. The van der Waals surface area contributed by atoms with Gasteiger partial charge >= 0.3 is 0 Å². The molecule has 3 nitrogen and oxygen atoms in total. The molecule has 0 saturated carbocycles. The number of aliphatic hydroxyl groups excluding tert-OH is 1. The Morgan fingerprint density at radius 3 is 2.86 bits per heavy atom. The van der Waals surface area contributed by atoms with Crippen molar-refractivity contribution in [3.05, 3.63) is 0 Å². The van der Waals surface area contributed by atoms with E-state index in [1.165, 1.54) is 5.75 Å². The molecule has 0 aromatic carbocycles. The Balaban J connectivity index is 2.52. The van der Waals surface area contributed by atoms with Crippen LogP contribution in [0.4, 0.5) is 0 Å². The summed E-state index contributed by atoms with van der Waals surface area (Å²) in [6.45, 7) is 5.29. The van der Waals surface area contributed by atoms with Gasteiger partial charge in [0.2, 0.25) is 0 Å². The number of nitrogens with one attached hydrogen (secondary N) is 1. The van der Waals surface area contributed by atoms with E-state index >= 15 is 0 Å². The Labute approximate surface area is 90.8 Å². The van der Waals surface area contributed by atoms with Crippen LogP contribution in [0.5, 0.6) is 0 Å². The van der Waals surface area contributed by atoms with E-state index in [0.717, 1.165) is 12.8 Å². The molecule has 0 amide bonds. The summed E-state index contributed by atoms with van der Waals surface area (Å²) in [6, 6.07) is 0.352. The average Bonchev–Trinajstić information content (AvgIpc) is 2.49. The van der Waals surface area contributed by atoms with Crippen molar-refractivity contribution in [2.75, 3.05) is 18.9 Å². The molecule has 84 valence electrons. The highest BCUT2D eigenvalue weighted by atomic mass is 32.2. The first-order valence-corrected chi connectivity index (χ1v) is 6.40. The van der Waals surface area contributed by atoms with Crippen molar-refractivity contribution in [1.29, 1.82) is 0 Å².